The SMILES string of the molecule is Cl.Cl.FC(F)Oc1cccc([C@@H](CC(F)(F)F)N2CCNCC2)c1. The van der Waals surface area contributed by atoms with Crippen LogP contribution in [0.2, 0.25) is 0 Å². The number of nitrogens with one attached hydrogen (secondary N) is 1. The predicted molar refractivity (Wildman–Crippen MR) is 85.4 cm³/mol. The molecule has 1 atom stereocenters. The lowest BCUT2D eigenvalue weighted by Gasteiger charge is -2.35. The Bertz CT molecular complexity index is 484. The smallest absolute Gasteiger partial charge is 0.390 e. The van der Waals surface area contributed by atoms with Crippen molar-refractivity contribution in [2.24, 2.45) is 0 Å². The lowest BCUT2D eigenvalue weighted by molar-refractivity contribution is -0.148. The Morgan fingerprint density at radius 1 is 1.12 bits per heavy atom. The molecule has 1 aliphatic heterocycles. The number of hydrogen-bond donors (Lipinski definition) is 1. The number of alkyl halides is 5. The quantitative estimate of drug-likeness (QED) is 0.760. The fourth-order valence-electron chi connectivity index (χ4n) is 2.57. The molecule has 2 rings (SSSR count). The van der Waals surface area contributed by atoms with Gasteiger partial charge in [-0.1, -0.05) is 12.1 Å². The Labute approximate surface area is 149 Å². The Balaban J connectivity index is 0.00000264. The molecule has 0 saturated carbocycles. The first-order valence-electron chi connectivity index (χ1n) is 6.91. The van der Waals surface area contributed by atoms with Crippen LogP contribution in [0.5, 0.6) is 5.75 Å². The second-order valence-corrected chi connectivity index (χ2v) is 5.07. The minimum Gasteiger partial charge on any atom is -0.435 e. The molecular weight excluding hydrogens is 378 g/mol. The van der Waals surface area contributed by atoms with E-state index in [0.717, 1.165) is 0 Å². The second-order valence-electron chi connectivity index (χ2n) is 5.07. The van der Waals surface area contributed by atoms with Crippen molar-refractivity contribution in [3.05, 3.63) is 29.8 Å². The largest absolute Gasteiger partial charge is 0.435 e. The molecular formula is C14H19Cl2F5N2O. The van der Waals surface area contributed by atoms with Gasteiger partial charge in [0.25, 0.3) is 0 Å². The highest BCUT2D eigenvalue weighted by Gasteiger charge is 2.36. The molecule has 0 aliphatic carbocycles. The Morgan fingerprint density at radius 2 is 1.75 bits per heavy atom. The fraction of sp³-hybridized carbons (Fsp3) is 0.571. The van der Waals surface area contributed by atoms with E-state index in [0.29, 0.717) is 31.7 Å². The van der Waals surface area contributed by atoms with Crippen molar-refractivity contribution in [3.8, 4) is 5.75 Å². The zero-order valence-electron chi connectivity index (χ0n) is 12.6. The van der Waals surface area contributed by atoms with Gasteiger partial charge in [0.2, 0.25) is 0 Å². The third-order valence-electron chi connectivity index (χ3n) is 3.49. The summed E-state index contributed by atoms with van der Waals surface area (Å²) in [4.78, 5) is 1.71. The highest BCUT2D eigenvalue weighted by Crippen LogP contribution is 2.35. The predicted octanol–water partition coefficient (Wildman–Crippen LogP) is 4.03. The number of halogens is 7. The summed E-state index contributed by atoms with van der Waals surface area (Å²) in [5, 5.41) is 3.07. The van der Waals surface area contributed by atoms with E-state index < -0.39 is 25.3 Å². The van der Waals surface area contributed by atoms with Crippen LogP contribution < -0.4 is 10.1 Å². The maximum Gasteiger partial charge on any atom is 0.390 e. The van der Waals surface area contributed by atoms with Gasteiger partial charge in [-0.05, 0) is 17.7 Å². The van der Waals surface area contributed by atoms with Crippen LogP contribution in [0.15, 0.2) is 24.3 Å². The Hall–Kier alpha value is -0.830. The first-order valence-corrected chi connectivity index (χ1v) is 6.91. The van der Waals surface area contributed by atoms with Crippen molar-refractivity contribution in [1.82, 2.24) is 10.2 Å². The van der Waals surface area contributed by atoms with Crippen LogP contribution in [-0.4, -0.2) is 43.9 Å². The molecule has 0 spiro atoms. The molecule has 1 aromatic carbocycles. The van der Waals surface area contributed by atoms with Crippen LogP contribution in [0.1, 0.15) is 18.0 Å². The summed E-state index contributed by atoms with van der Waals surface area (Å²) < 4.78 is 67.4. The summed E-state index contributed by atoms with van der Waals surface area (Å²) in [7, 11) is 0. The standard InChI is InChI=1S/C14H17F5N2O.2ClH/c15-13(16)22-11-3-1-2-10(8-11)12(9-14(17,18)19)21-6-4-20-5-7-21;;/h1-3,8,12-13,20H,4-7,9H2;2*1H/t12-;;/m1../s1. The van der Waals surface area contributed by atoms with Gasteiger partial charge in [-0.25, -0.2) is 0 Å². The van der Waals surface area contributed by atoms with Gasteiger partial charge in [0.15, 0.2) is 0 Å². The van der Waals surface area contributed by atoms with Gasteiger partial charge in [0, 0.05) is 32.2 Å². The van der Waals surface area contributed by atoms with Crippen molar-refractivity contribution in [2.75, 3.05) is 26.2 Å². The van der Waals surface area contributed by atoms with Gasteiger partial charge < -0.3 is 10.1 Å². The number of piperazine rings is 1. The molecule has 0 bridgehead atoms. The molecule has 0 radical (unpaired) electrons. The first-order chi connectivity index (χ1) is 10.3. The lowest BCUT2D eigenvalue weighted by Crippen LogP contribution is -2.46. The number of rotatable bonds is 5. The minimum absolute atomic E-state index is 0. The van der Waals surface area contributed by atoms with Gasteiger partial charge in [0.1, 0.15) is 5.75 Å². The van der Waals surface area contributed by atoms with Crippen molar-refractivity contribution in [2.45, 2.75) is 25.3 Å². The summed E-state index contributed by atoms with van der Waals surface area (Å²) in [6, 6.07) is 4.60. The van der Waals surface area contributed by atoms with Gasteiger partial charge in [0.05, 0.1) is 6.42 Å². The molecule has 3 nitrogen and oxygen atoms in total. The van der Waals surface area contributed by atoms with Crippen LogP contribution in [0.4, 0.5) is 22.0 Å². The van der Waals surface area contributed by atoms with E-state index in [2.05, 4.69) is 10.1 Å². The van der Waals surface area contributed by atoms with Crippen LogP contribution in [0, 0.1) is 0 Å². The third-order valence-corrected chi connectivity index (χ3v) is 3.49. The number of ether oxygens (including phenoxy) is 1. The Morgan fingerprint density at radius 3 is 2.29 bits per heavy atom. The van der Waals surface area contributed by atoms with Gasteiger partial charge in [-0.15, -0.1) is 24.8 Å². The van der Waals surface area contributed by atoms with Gasteiger partial charge in [-0.2, -0.15) is 22.0 Å². The van der Waals surface area contributed by atoms with Crippen LogP contribution in [-0.2, 0) is 0 Å². The molecule has 1 fully saturated rings. The average molecular weight is 397 g/mol. The van der Waals surface area contributed by atoms with E-state index in [1.807, 2.05) is 0 Å². The maximum atomic E-state index is 12.9. The summed E-state index contributed by atoms with van der Waals surface area (Å²) in [5.74, 6) is -0.130. The molecule has 1 heterocycles. The summed E-state index contributed by atoms with van der Waals surface area (Å²) in [6.45, 7) is -0.861. The van der Waals surface area contributed by atoms with Crippen molar-refractivity contribution in [3.63, 3.8) is 0 Å². The molecule has 1 N–H and O–H groups in total. The monoisotopic (exact) mass is 396 g/mol. The molecule has 1 aliphatic rings. The molecule has 0 aromatic heterocycles. The molecule has 140 valence electrons. The first kappa shape index (κ1) is 23.2. The summed E-state index contributed by atoms with van der Waals surface area (Å²) >= 11 is 0. The number of nitrogens with zero attached hydrogens (tertiary/aromatic N) is 1. The lowest BCUT2D eigenvalue weighted by atomic mass is 10.0. The second kappa shape index (κ2) is 10.2. The van der Waals surface area contributed by atoms with E-state index >= 15 is 0 Å². The van der Waals surface area contributed by atoms with E-state index in [1.54, 1.807) is 4.90 Å². The van der Waals surface area contributed by atoms with E-state index in [4.69, 9.17) is 0 Å². The van der Waals surface area contributed by atoms with E-state index in [-0.39, 0.29) is 30.6 Å². The topological polar surface area (TPSA) is 24.5 Å². The maximum absolute atomic E-state index is 12.9. The van der Waals surface area contributed by atoms with Gasteiger partial charge >= 0.3 is 12.8 Å². The highest BCUT2D eigenvalue weighted by molar-refractivity contribution is 5.85. The average Bonchev–Trinajstić information content (AvgIpc) is 2.44. The molecule has 10 heteroatoms. The van der Waals surface area contributed by atoms with Crippen LogP contribution in [0.3, 0.4) is 0 Å². The minimum atomic E-state index is -4.34. The van der Waals surface area contributed by atoms with E-state index in [1.165, 1.54) is 24.3 Å². The van der Waals surface area contributed by atoms with Crippen LogP contribution in [0.25, 0.3) is 0 Å². The molecule has 0 unspecified atom stereocenters. The van der Waals surface area contributed by atoms with E-state index in [9.17, 15) is 22.0 Å². The molecule has 0 amide bonds. The molecule has 1 saturated heterocycles. The van der Waals surface area contributed by atoms with Crippen molar-refractivity contribution < 1.29 is 26.7 Å². The number of benzene rings is 1. The number of hydrogen-bond acceptors (Lipinski definition) is 3. The van der Waals surface area contributed by atoms with Crippen molar-refractivity contribution in [1.29, 1.82) is 0 Å². The van der Waals surface area contributed by atoms with Gasteiger partial charge in [-0.3, -0.25) is 4.90 Å². The normalized spacial score (nSPS) is 16.9. The summed E-state index contributed by atoms with van der Waals surface area (Å²) in [6.07, 6.45) is -5.36. The zero-order chi connectivity index (χ0) is 16.2. The van der Waals surface area contributed by atoms with Crippen LogP contribution >= 0.6 is 24.8 Å². The third kappa shape index (κ3) is 7.38. The molecule has 24 heavy (non-hydrogen) atoms. The zero-order valence-corrected chi connectivity index (χ0v) is 14.2. The molecule has 1 aromatic rings. The fourth-order valence-corrected chi connectivity index (χ4v) is 2.57. The highest BCUT2D eigenvalue weighted by atomic mass is 35.5. The Kier molecular flexibility index (Phi) is 9.87. The van der Waals surface area contributed by atoms with Crippen molar-refractivity contribution >= 4 is 24.8 Å². The summed E-state index contributed by atoms with van der Waals surface area (Å²) in [5.41, 5.74) is 0.331.